The van der Waals surface area contributed by atoms with Crippen LogP contribution in [0.25, 0.3) is 10.9 Å². The lowest BCUT2D eigenvalue weighted by molar-refractivity contribution is -0.138. The van der Waals surface area contributed by atoms with E-state index in [1.54, 1.807) is 0 Å². The van der Waals surface area contributed by atoms with E-state index in [0.717, 1.165) is 22.2 Å². The number of carbonyl (C=O) groups excluding carboxylic acids is 1. The number of aromatic amines is 1. The van der Waals surface area contributed by atoms with Gasteiger partial charge in [-0.3, -0.25) is 9.59 Å². The van der Waals surface area contributed by atoms with Gasteiger partial charge in [0.05, 0.1) is 0 Å². The van der Waals surface area contributed by atoms with Gasteiger partial charge in [0.2, 0.25) is 5.91 Å². The van der Waals surface area contributed by atoms with Crippen molar-refractivity contribution in [3.8, 4) is 0 Å². The number of carboxylic acids is 1. The number of allylic oxidation sites excluding steroid dienone is 1. The van der Waals surface area contributed by atoms with Crippen LogP contribution in [0.4, 0.5) is 0 Å². The van der Waals surface area contributed by atoms with E-state index in [4.69, 9.17) is 10.8 Å². The van der Waals surface area contributed by atoms with Crippen LogP contribution in [0.5, 0.6) is 0 Å². The molecule has 6 nitrogen and oxygen atoms in total. The van der Waals surface area contributed by atoms with Crippen molar-refractivity contribution in [2.24, 2.45) is 5.73 Å². The first kappa shape index (κ1) is 19.7. The zero-order chi connectivity index (χ0) is 19.3. The summed E-state index contributed by atoms with van der Waals surface area (Å²) in [5.74, 6) is -1.28. The number of rotatable bonds is 9. The van der Waals surface area contributed by atoms with E-state index < -0.39 is 12.0 Å². The van der Waals surface area contributed by atoms with Gasteiger partial charge < -0.3 is 21.1 Å². The molecule has 0 radical (unpaired) electrons. The lowest BCUT2D eigenvalue weighted by atomic mass is 9.86. The molecular weight excluding hydrogens is 330 g/mol. The van der Waals surface area contributed by atoms with Gasteiger partial charge in [0.1, 0.15) is 6.04 Å². The van der Waals surface area contributed by atoms with Crippen molar-refractivity contribution >= 4 is 22.8 Å². The monoisotopic (exact) mass is 357 g/mol. The summed E-state index contributed by atoms with van der Waals surface area (Å²) >= 11 is 0. The molecule has 0 fully saturated rings. The van der Waals surface area contributed by atoms with Crippen molar-refractivity contribution in [2.75, 3.05) is 6.54 Å². The third kappa shape index (κ3) is 4.52. The summed E-state index contributed by atoms with van der Waals surface area (Å²) in [5.41, 5.74) is 8.52. The van der Waals surface area contributed by atoms with Crippen LogP contribution < -0.4 is 11.1 Å². The van der Waals surface area contributed by atoms with Gasteiger partial charge in [0.15, 0.2) is 0 Å². The highest BCUT2D eigenvalue weighted by molar-refractivity contribution is 5.85. The second kappa shape index (κ2) is 8.19. The van der Waals surface area contributed by atoms with Gasteiger partial charge in [-0.05, 0) is 24.5 Å². The second-order valence-electron chi connectivity index (χ2n) is 7.03. The standard InChI is InChI=1S/C20H27N3O3/c1-4-20(2,3)18-14(13-7-5-6-8-16(13)23-18)11-12-22-17(24)10-9-15(21)19(25)26/h4-8,15,23H,1,9-12,21H2,2-3H3,(H,22,24)(H,25,26)/t15-/m0/s1. The molecule has 0 aliphatic heterocycles. The van der Waals surface area contributed by atoms with Crippen LogP contribution >= 0.6 is 0 Å². The van der Waals surface area contributed by atoms with Crippen molar-refractivity contribution in [1.29, 1.82) is 0 Å². The Morgan fingerprint density at radius 1 is 1.38 bits per heavy atom. The maximum absolute atomic E-state index is 11.9. The number of fused-ring (bicyclic) bond motifs is 1. The van der Waals surface area contributed by atoms with Gasteiger partial charge in [-0.2, -0.15) is 0 Å². The molecule has 0 saturated carbocycles. The lowest BCUT2D eigenvalue weighted by Crippen LogP contribution is -2.33. The van der Waals surface area contributed by atoms with E-state index in [9.17, 15) is 9.59 Å². The smallest absolute Gasteiger partial charge is 0.320 e. The van der Waals surface area contributed by atoms with E-state index in [0.29, 0.717) is 13.0 Å². The van der Waals surface area contributed by atoms with E-state index >= 15 is 0 Å². The number of para-hydroxylation sites is 1. The Kier molecular flexibility index (Phi) is 6.21. The minimum atomic E-state index is -1.09. The number of H-pyrrole nitrogens is 1. The molecular formula is C20H27N3O3. The number of amides is 1. The Bertz CT molecular complexity index is 808. The second-order valence-corrected chi connectivity index (χ2v) is 7.03. The van der Waals surface area contributed by atoms with Gasteiger partial charge in [-0.25, -0.2) is 0 Å². The Labute approximate surface area is 153 Å². The molecule has 26 heavy (non-hydrogen) atoms. The molecule has 1 amide bonds. The molecule has 0 aliphatic rings. The number of carbonyl (C=O) groups is 2. The fourth-order valence-electron chi connectivity index (χ4n) is 2.94. The Morgan fingerprint density at radius 2 is 2.08 bits per heavy atom. The van der Waals surface area contributed by atoms with Gasteiger partial charge in [0.25, 0.3) is 0 Å². The molecule has 6 heteroatoms. The maximum Gasteiger partial charge on any atom is 0.320 e. The molecule has 0 unspecified atom stereocenters. The van der Waals surface area contributed by atoms with Crippen LogP contribution in [-0.2, 0) is 21.4 Å². The van der Waals surface area contributed by atoms with E-state index in [-0.39, 0.29) is 24.2 Å². The van der Waals surface area contributed by atoms with E-state index in [2.05, 4.69) is 36.8 Å². The highest BCUT2D eigenvalue weighted by Gasteiger charge is 2.24. The van der Waals surface area contributed by atoms with Crippen LogP contribution in [0.2, 0.25) is 0 Å². The first-order valence-electron chi connectivity index (χ1n) is 8.75. The van der Waals surface area contributed by atoms with Crippen molar-refractivity contribution in [3.05, 3.63) is 48.2 Å². The Balaban J connectivity index is 2.06. The van der Waals surface area contributed by atoms with Crippen LogP contribution in [-0.4, -0.2) is 34.6 Å². The van der Waals surface area contributed by atoms with Crippen LogP contribution in [0.1, 0.15) is 37.9 Å². The molecule has 2 aromatic rings. The van der Waals surface area contributed by atoms with Gasteiger partial charge in [-0.15, -0.1) is 6.58 Å². The van der Waals surface area contributed by atoms with Crippen LogP contribution in [0.15, 0.2) is 36.9 Å². The highest BCUT2D eigenvalue weighted by Crippen LogP contribution is 2.32. The zero-order valence-corrected chi connectivity index (χ0v) is 15.3. The Morgan fingerprint density at radius 3 is 2.73 bits per heavy atom. The SMILES string of the molecule is C=CC(C)(C)c1[nH]c2ccccc2c1CCNC(=O)CC[C@H](N)C(=O)O. The molecule has 2 rings (SSSR count). The zero-order valence-electron chi connectivity index (χ0n) is 15.3. The molecule has 0 bridgehead atoms. The van der Waals surface area contributed by atoms with Gasteiger partial charge in [0, 0.05) is 35.0 Å². The Hall–Kier alpha value is -2.60. The normalized spacial score (nSPS) is 12.7. The lowest BCUT2D eigenvalue weighted by Gasteiger charge is -2.21. The minimum Gasteiger partial charge on any atom is -0.480 e. The predicted octanol–water partition coefficient (Wildman–Crippen LogP) is 2.48. The first-order valence-corrected chi connectivity index (χ1v) is 8.75. The highest BCUT2D eigenvalue weighted by atomic mass is 16.4. The molecule has 1 aromatic heterocycles. The molecule has 1 aromatic carbocycles. The topological polar surface area (TPSA) is 108 Å². The maximum atomic E-state index is 11.9. The number of aliphatic carboxylic acids is 1. The number of hydrogen-bond acceptors (Lipinski definition) is 3. The number of nitrogens with two attached hydrogens (primary N) is 1. The summed E-state index contributed by atoms with van der Waals surface area (Å²) in [6.45, 7) is 8.60. The van der Waals surface area contributed by atoms with Crippen LogP contribution in [0.3, 0.4) is 0 Å². The number of hydrogen-bond donors (Lipinski definition) is 4. The quantitative estimate of drug-likeness (QED) is 0.517. The first-order chi connectivity index (χ1) is 12.3. The molecule has 1 heterocycles. The summed E-state index contributed by atoms with van der Waals surface area (Å²) < 4.78 is 0. The van der Waals surface area contributed by atoms with Gasteiger partial charge >= 0.3 is 5.97 Å². The van der Waals surface area contributed by atoms with Gasteiger partial charge in [-0.1, -0.05) is 38.1 Å². The minimum absolute atomic E-state index is 0.104. The van der Waals surface area contributed by atoms with E-state index in [1.165, 1.54) is 0 Å². The van der Waals surface area contributed by atoms with Crippen molar-refractivity contribution in [2.45, 2.75) is 44.6 Å². The third-order valence-corrected chi connectivity index (χ3v) is 4.67. The fraction of sp³-hybridized carbons (Fsp3) is 0.400. The van der Waals surface area contributed by atoms with Crippen molar-refractivity contribution < 1.29 is 14.7 Å². The molecule has 0 saturated heterocycles. The summed E-state index contributed by atoms with van der Waals surface area (Å²) in [4.78, 5) is 26.1. The van der Waals surface area contributed by atoms with E-state index in [1.807, 2.05) is 24.3 Å². The third-order valence-electron chi connectivity index (χ3n) is 4.67. The number of benzene rings is 1. The molecule has 0 aliphatic carbocycles. The van der Waals surface area contributed by atoms with Crippen molar-refractivity contribution in [1.82, 2.24) is 10.3 Å². The van der Waals surface area contributed by atoms with Crippen LogP contribution in [0, 0.1) is 0 Å². The summed E-state index contributed by atoms with van der Waals surface area (Å²) in [7, 11) is 0. The average molecular weight is 357 g/mol. The number of nitrogens with one attached hydrogen (secondary N) is 2. The van der Waals surface area contributed by atoms with Crippen molar-refractivity contribution in [3.63, 3.8) is 0 Å². The number of carboxylic acid groups (broad SMARTS) is 1. The molecule has 1 atom stereocenters. The molecule has 140 valence electrons. The molecule has 0 spiro atoms. The summed E-state index contributed by atoms with van der Waals surface area (Å²) in [6, 6.07) is 7.08. The fourth-order valence-corrected chi connectivity index (χ4v) is 2.94. The summed E-state index contributed by atoms with van der Waals surface area (Å²) in [5, 5.41) is 12.7. The largest absolute Gasteiger partial charge is 0.480 e. The molecule has 5 N–H and O–H groups in total. The predicted molar refractivity (Wildman–Crippen MR) is 103 cm³/mol. The number of aromatic nitrogens is 1. The average Bonchev–Trinajstić information content (AvgIpc) is 2.99. The summed E-state index contributed by atoms with van der Waals surface area (Å²) in [6.07, 6.45) is 2.82.